The molecule has 1 rings (SSSR count). The Bertz CT molecular complexity index is 302. The summed E-state index contributed by atoms with van der Waals surface area (Å²) in [4.78, 5) is 0. The third kappa shape index (κ3) is 3.73. The molecule has 0 aliphatic rings. The predicted molar refractivity (Wildman–Crippen MR) is 63.8 cm³/mol. The number of nitrogens with two attached hydrogens (primary N) is 1. The van der Waals surface area contributed by atoms with Gasteiger partial charge in [0.05, 0.1) is 11.6 Å². The van der Waals surface area contributed by atoms with Crippen LogP contribution in [-0.2, 0) is 0 Å². The molecule has 0 aliphatic heterocycles. The molecule has 84 valence electrons. The van der Waals surface area contributed by atoms with Gasteiger partial charge in [0.25, 0.3) is 0 Å². The van der Waals surface area contributed by atoms with Crippen LogP contribution in [0.5, 0.6) is 5.75 Å². The number of halogens is 1. The van der Waals surface area contributed by atoms with E-state index in [9.17, 15) is 0 Å². The Balaban J connectivity index is 2.60. The van der Waals surface area contributed by atoms with Crippen LogP contribution in [0.25, 0.3) is 0 Å². The summed E-state index contributed by atoms with van der Waals surface area (Å²) >= 11 is 6.11. The second-order valence-corrected chi connectivity index (χ2v) is 4.13. The van der Waals surface area contributed by atoms with E-state index < -0.39 is 0 Å². The highest BCUT2D eigenvalue weighted by Gasteiger charge is 2.06. The van der Waals surface area contributed by atoms with Crippen LogP contribution in [0.2, 0.25) is 5.02 Å². The molecule has 15 heavy (non-hydrogen) atoms. The summed E-state index contributed by atoms with van der Waals surface area (Å²) in [5.41, 5.74) is 2.28. The Morgan fingerprint density at radius 1 is 1.33 bits per heavy atom. The van der Waals surface area contributed by atoms with E-state index in [0.717, 1.165) is 24.4 Å². The topological polar surface area (TPSA) is 25.8 Å². The number of likely N-dealkylation sites (N-methyl/N-ethyl adjacent to an activating group) is 1. The Morgan fingerprint density at radius 3 is 2.67 bits per heavy atom. The maximum Gasteiger partial charge on any atom is 0.141 e. The minimum absolute atomic E-state index is 0.706. The molecule has 0 saturated carbocycles. The number of aryl methyl sites for hydroxylation is 2. The Morgan fingerprint density at radius 2 is 2.07 bits per heavy atom. The Kier molecular flexibility index (Phi) is 4.92. The summed E-state index contributed by atoms with van der Waals surface area (Å²) in [6.07, 6.45) is 0. The van der Waals surface area contributed by atoms with Gasteiger partial charge >= 0.3 is 0 Å². The van der Waals surface area contributed by atoms with Gasteiger partial charge in [0.15, 0.2) is 0 Å². The molecule has 0 heterocycles. The van der Waals surface area contributed by atoms with Crippen molar-refractivity contribution in [3.05, 3.63) is 28.3 Å². The summed E-state index contributed by atoms with van der Waals surface area (Å²) in [5, 5.41) is 2.92. The van der Waals surface area contributed by atoms with Crippen molar-refractivity contribution in [2.75, 3.05) is 19.7 Å². The summed E-state index contributed by atoms with van der Waals surface area (Å²) < 4.78 is 5.66. The number of hydrogen-bond acceptors (Lipinski definition) is 1. The highest BCUT2D eigenvalue weighted by atomic mass is 35.5. The average Bonchev–Trinajstić information content (AvgIpc) is 2.15. The first-order valence-electron chi connectivity index (χ1n) is 5.36. The third-order valence-corrected chi connectivity index (χ3v) is 2.51. The number of quaternary nitrogens is 1. The van der Waals surface area contributed by atoms with Gasteiger partial charge in [0.2, 0.25) is 0 Å². The molecular formula is C12H19ClNO+. The molecule has 0 spiro atoms. The molecule has 0 fully saturated rings. The standard InChI is InChI=1S/C12H18ClNO/c1-4-14-5-6-15-12-10(3)7-9(2)8-11(12)13/h7-8,14H,4-6H2,1-3H3/p+1. The van der Waals surface area contributed by atoms with Crippen LogP contribution in [0.1, 0.15) is 18.1 Å². The van der Waals surface area contributed by atoms with Gasteiger partial charge < -0.3 is 10.1 Å². The SMILES string of the molecule is CC[NH2+]CCOc1c(C)cc(C)cc1Cl. The fourth-order valence-electron chi connectivity index (χ4n) is 1.53. The van der Waals surface area contributed by atoms with Crippen molar-refractivity contribution in [2.24, 2.45) is 0 Å². The lowest BCUT2D eigenvalue weighted by molar-refractivity contribution is -0.652. The summed E-state index contributed by atoms with van der Waals surface area (Å²) in [6, 6.07) is 4.03. The zero-order valence-electron chi connectivity index (χ0n) is 9.64. The molecule has 0 bridgehead atoms. The molecule has 1 aromatic carbocycles. The van der Waals surface area contributed by atoms with Crippen molar-refractivity contribution in [2.45, 2.75) is 20.8 Å². The van der Waals surface area contributed by atoms with E-state index in [1.807, 2.05) is 19.9 Å². The molecule has 0 atom stereocenters. The lowest BCUT2D eigenvalue weighted by Crippen LogP contribution is -2.84. The smallest absolute Gasteiger partial charge is 0.141 e. The fraction of sp³-hybridized carbons (Fsp3) is 0.500. The summed E-state index contributed by atoms with van der Waals surface area (Å²) in [5.74, 6) is 0.826. The monoisotopic (exact) mass is 228 g/mol. The lowest BCUT2D eigenvalue weighted by Gasteiger charge is -2.11. The van der Waals surface area contributed by atoms with Gasteiger partial charge in [-0.2, -0.15) is 0 Å². The molecule has 0 radical (unpaired) electrons. The zero-order valence-corrected chi connectivity index (χ0v) is 10.4. The second-order valence-electron chi connectivity index (χ2n) is 3.73. The number of hydrogen-bond donors (Lipinski definition) is 1. The van der Waals surface area contributed by atoms with Crippen LogP contribution >= 0.6 is 11.6 Å². The Hall–Kier alpha value is -0.730. The summed E-state index contributed by atoms with van der Waals surface area (Å²) in [6.45, 7) is 8.96. The van der Waals surface area contributed by atoms with E-state index in [-0.39, 0.29) is 0 Å². The molecule has 2 nitrogen and oxygen atoms in total. The van der Waals surface area contributed by atoms with Gasteiger partial charge in [-0.3, -0.25) is 0 Å². The van der Waals surface area contributed by atoms with E-state index in [1.54, 1.807) is 0 Å². The van der Waals surface area contributed by atoms with E-state index >= 15 is 0 Å². The van der Waals surface area contributed by atoms with Crippen molar-refractivity contribution < 1.29 is 10.1 Å². The van der Waals surface area contributed by atoms with Gasteiger partial charge in [-0.25, -0.2) is 0 Å². The van der Waals surface area contributed by atoms with Gasteiger partial charge in [0.1, 0.15) is 18.9 Å². The van der Waals surface area contributed by atoms with E-state index in [2.05, 4.69) is 18.3 Å². The first kappa shape index (κ1) is 12.3. The maximum absolute atomic E-state index is 6.11. The predicted octanol–water partition coefficient (Wildman–Crippen LogP) is 1.92. The normalized spacial score (nSPS) is 10.4. The van der Waals surface area contributed by atoms with Crippen LogP contribution in [0.4, 0.5) is 0 Å². The van der Waals surface area contributed by atoms with Crippen molar-refractivity contribution >= 4 is 11.6 Å². The molecule has 1 aromatic rings. The largest absolute Gasteiger partial charge is 0.486 e. The van der Waals surface area contributed by atoms with Crippen LogP contribution in [0.3, 0.4) is 0 Å². The van der Waals surface area contributed by atoms with E-state index in [0.29, 0.717) is 11.6 Å². The molecule has 0 aromatic heterocycles. The molecule has 0 saturated heterocycles. The van der Waals surface area contributed by atoms with Crippen molar-refractivity contribution in [1.82, 2.24) is 0 Å². The van der Waals surface area contributed by atoms with Crippen LogP contribution in [0.15, 0.2) is 12.1 Å². The number of rotatable bonds is 5. The van der Waals surface area contributed by atoms with Gasteiger partial charge in [0, 0.05) is 0 Å². The molecule has 3 heteroatoms. The molecule has 2 N–H and O–H groups in total. The van der Waals surface area contributed by atoms with Gasteiger partial charge in [-0.15, -0.1) is 0 Å². The van der Waals surface area contributed by atoms with Crippen molar-refractivity contribution in [1.29, 1.82) is 0 Å². The molecular weight excluding hydrogens is 210 g/mol. The number of benzene rings is 1. The first-order valence-corrected chi connectivity index (χ1v) is 5.74. The van der Waals surface area contributed by atoms with Crippen molar-refractivity contribution in [3.63, 3.8) is 0 Å². The maximum atomic E-state index is 6.11. The number of ether oxygens (including phenoxy) is 1. The minimum atomic E-state index is 0.706. The Labute approximate surface area is 96.6 Å². The van der Waals surface area contributed by atoms with Crippen LogP contribution in [0, 0.1) is 13.8 Å². The second kappa shape index (κ2) is 5.99. The van der Waals surface area contributed by atoms with Gasteiger partial charge in [-0.05, 0) is 38.0 Å². The fourth-order valence-corrected chi connectivity index (χ4v) is 1.91. The lowest BCUT2D eigenvalue weighted by atomic mass is 10.1. The van der Waals surface area contributed by atoms with Crippen molar-refractivity contribution in [3.8, 4) is 5.75 Å². The highest BCUT2D eigenvalue weighted by Crippen LogP contribution is 2.29. The zero-order chi connectivity index (χ0) is 11.3. The van der Waals surface area contributed by atoms with E-state index in [1.165, 1.54) is 5.56 Å². The molecule has 0 aliphatic carbocycles. The highest BCUT2D eigenvalue weighted by molar-refractivity contribution is 6.32. The molecule has 0 amide bonds. The first-order chi connectivity index (χ1) is 7.15. The summed E-state index contributed by atoms with van der Waals surface area (Å²) in [7, 11) is 0. The average molecular weight is 229 g/mol. The van der Waals surface area contributed by atoms with Crippen LogP contribution < -0.4 is 10.1 Å². The molecule has 0 unspecified atom stereocenters. The van der Waals surface area contributed by atoms with E-state index in [4.69, 9.17) is 16.3 Å². The van der Waals surface area contributed by atoms with Gasteiger partial charge in [-0.1, -0.05) is 17.7 Å². The quantitative estimate of drug-likeness (QED) is 0.766. The third-order valence-electron chi connectivity index (χ3n) is 2.23. The van der Waals surface area contributed by atoms with Crippen LogP contribution in [-0.4, -0.2) is 19.7 Å². The minimum Gasteiger partial charge on any atom is -0.486 e.